The third kappa shape index (κ3) is 2.94. The van der Waals surface area contributed by atoms with Gasteiger partial charge in [-0.05, 0) is 37.1 Å². The first-order valence-electron chi connectivity index (χ1n) is 5.98. The zero-order chi connectivity index (χ0) is 14.0. The molecule has 0 saturated heterocycles. The minimum Gasteiger partial charge on any atom is -0.490 e. The lowest BCUT2D eigenvalue weighted by Crippen LogP contribution is -2.21. The predicted octanol–water partition coefficient (Wildman–Crippen LogP) is 1.14. The van der Waals surface area contributed by atoms with E-state index in [1.807, 2.05) is 19.9 Å². The van der Waals surface area contributed by atoms with Gasteiger partial charge in [-0.25, -0.2) is 4.79 Å². The Kier molecular flexibility index (Phi) is 3.87. The zero-order valence-electron chi connectivity index (χ0n) is 10.8. The molecule has 0 spiro atoms. The summed E-state index contributed by atoms with van der Waals surface area (Å²) in [4.78, 5) is 11.5. The van der Waals surface area contributed by atoms with E-state index in [0.29, 0.717) is 16.7 Å². The van der Waals surface area contributed by atoms with Crippen LogP contribution in [0.25, 0.3) is 11.0 Å². The maximum absolute atomic E-state index is 11.5. The minimum atomic E-state index is -0.978. The van der Waals surface area contributed by atoms with E-state index in [2.05, 4.69) is 0 Å². The molecule has 2 rings (SSSR count). The molecule has 0 fully saturated rings. The SMILES string of the molecule is Cc1cc2oc(=O)cc(OCC(O)CO)c2cc1C. The Morgan fingerprint density at radius 3 is 2.63 bits per heavy atom. The van der Waals surface area contributed by atoms with E-state index in [-0.39, 0.29) is 6.61 Å². The van der Waals surface area contributed by atoms with Gasteiger partial charge in [0.15, 0.2) is 0 Å². The second kappa shape index (κ2) is 5.42. The van der Waals surface area contributed by atoms with Crippen molar-refractivity contribution in [2.24, 2.45) is 0 Å². The molecule has 1 heterocycles. The van der Waals surface area contributed by atoms with Crippen LogP contribution in [0.1, 0.15) is 11.1 Å². The van der Waals surface area contributed by atoms with Crippen molar-refractivity contribution in [3.05, 3.63) is 39.7 Å². The van der Waals surface area contributed by atoms with Crippen molar-refractivity contribution >= 4 is 11.0 Å². The number of benzene rings is 1. The highest BCUT2D eigenvalue weighted by atomic mass is 16.5. The van der Waals surface area contributed by atoms with Crippen molar-refractivity contribution in [1.82, 2.24) is 0 Å². The molecular formula is C14H16O5. The highest BCUT2D eigenvalue weighted by molar-refractivity contribution is 5.84. The van der Waals surface area contributed by atoms with E-state index in [1.165, 1.54) is 6.07 Å². The Hall–Kier alpha value is -1.85. The van der Waals surface area contributed by atoms with Crippen molar-refractivity contribution in [1.29, 1.82) is 0 Å². The molecule has 0 aliphatic heterocycles. The maximum atomic E-state index is 11.5. The molecule has 0 radical (unpaired) electrons. The molecule has 19 heavy (non-hydrogen) atoms. The van der Waals surface area contributed by atoms with Crippen LogP contribution in [0.3, 0.4) is 0 Å². The van der Waals surface area contributed by atoms with E-state index in [0.717, 1.165) is 11.1 Å². The van der Waals surface area contributed by atoms with Gasteiger partial charge in [-0.2, -0.15) is 0 Å². The Bertz CT molecular complexity index is 644. The fourth-order valence-corrected chi connectivity index (χ4v) is 1.75. The summed E-state index contributed by atoms with van der Waals surface area (Å²) in [6, 6.07) is 4.89. The van der Waals surface area contributed by atoms with E-state index in [9.17, 15) is 9.90 Å². The van der Waals surface area contributed by atoms with Crippen LogP contribution in [0.5, 0.6) is 5.75 Å². The van der Waals surface area contributed by atoms with Crippen LogP contribution < -0.4 is 10.4 Å². The second-order valence-corrected chi connectivity index (χ2v) is 4.51. The number of hydrogen-bond donors (Lipinski definition) is 2. The highest BCUT2D eigenvalue weighted by Gasteiger charge is 2.10. The van der Waals surface area contributed by atoms with Crippen molar-refractivity contribution in [3.63, 3.8) is 0 Å². The Labute approximate surface area is 110 Å². The van der Waals surface area contributed by atoms with Gasteiger partial charge >= 0.3 is 5.63 Å². The Morgan fingerprint density at radius 2 is 1.95 bits per heavy atom. The number of aliphatic hydroxyl groups excluding tert-OH is 2. The van der Waals surface area contributed by atoms with Crippen molar-refractivity contribution < 1.29 is 19.4 Å². The van der Waals surface area contributed by atoms with E-state index >= 15 is 0 Å². The largest absolute Gasteiger partial charge is 0.490 e. The highest BCUT2D eigenvalue weighted by Crippen LogP contribution is 2.26. The number of hydrogen-bond acceptors (Lipinski definition) is 5. The zero-order valence-corrected chi connectivity index (χ0v) is 10.8. The molecule has 2 N–H and O–H groups in total. The number of rotatable bonds is 4. The second-order valence-electron chi connectivity index (χ2n) is 4.51. The molecule has 0 aliphatic rings. The van der Waals surface area contributed by atoms with Gasteiger partial charge in [0.25, 0.3) is 0 Å². The first kappa shape index (κ1) is 13.6. The van der Waals surface area contributed by atoms with Gasteiger partial charge in [0, 0.05) is 0 Å². The number of fused-ring (bicyclic) bond motifs is 1. The van der Waals surface area contributed by atoms with Crippen molar-refractivity contribution in [2.45, 2.75) is 20.0 Å². The van der Waals surface area contributed by atoms with Gasteiger partial charge < -0.3 is 19.4 Å². The monoisotopic (exact) mass is 264 g/mol. The van der Waals surface area contributed by atoms with Crippen molar-refractivity contribution in [2.75, 3.05) is 13.2 Å². The molecule has 1 aromatic carbocycles. The van der Waals surface area contributed by atoms with Gasteiger partial charge in [-0.15, -0.1) is 0 Å². The predicted molar refractivity (Wildman–Crippen MR) is 70.5 cm³/mol. The molecule has 0 saturated carbocycles. The molecule has 102 valence electrons. The van der Waals surface area contributed by atoms with Crippen LogP contribution in [0.15, 0.2) is 27.4 Å². The summed E-state index contributed by atoms with van der Waals surface area (Å²) in [5, 5.41) is 18.7. The average Bonchev–Trinajstić information content (AvgIpc) is 2.37. The van der Waals surface area contributed by atoms with Gasteiger partial charge in [0.1, 0.15) is 24.0 Å². The molecule has 5 nitrogen and oxygen atoms in total. The standard InChI is InChI=1S/C14H16O5/c1-8-3-11-12(18-7-10(16)6-15)5-14(17)19-13(11)4-9(8)2/h3-5,10,15-16H,6-7H2,1-2H3. The summed E-state index contributed by atoms with van der Waals surface area (Å²) in [6.45, 7) is 3.41. The van der Waals surface area contributed by atoms with Crippen LogP contribution in [0.2, 0.25) is 0 Å². The molecule has 2 aromatic rings. The molecule has 1 unspecified atom stereocenters. The summed E-state index contributed by atoms with van der Waals surface area (Å²) in [5.41, 5.74) is 2.01. The lowest BCUT2D eigenvalue weighted by Gasteiger charge is -2.12. The number of aliphatic hydroxyl groups is 2. The van der Waals surface area contributed by atoms with E-state index in [1.54, 1.807) is 6.07 Å². The topological polar surface area (TPSA) is 79.9 Å². The van der Waals surface area contributed by atoms with Crippen LogP contribution in [0, 0.1) is 13.8 Å². The van der Waals surface area contributed by atoms with Gasteiger partial charge in [-0.3, -0.25) is 0 Å². The fourth-order valence-electron chi connectivity index (χ4n) is 1.75. The summed E-state index contributed by atoms with van der Waals surface area (Å²) >= 11 is 0. The smallest absolute Gasteiger partial charge is 0.339 e. The van der Waals surface area contributed by atoms with Gasteiger partial charge in [0.2, 0.25) is 0 Å². The quantitative estimate of drug-likeness (QED) is 0.809. The van der Waals surface area contributed by atoms with Gasteiger partial charge in [-0.1, -0.05) is 0 Å². The molecule has 5 heteroatoms. The molecule has 0 amide bonds. The number of aryl methyl sites for hydroxylation is 2. The first-order valence-corrected chi connectivity index (χ1v) is 5.98. The van der Waals surface area contributed by atoms with Crippen LogP contribution in [0.4, 0.5) is 0 Å². The third-order valence-electron chi connectivity index (χ3n) is 2.96. The summed E-state index contributed by atoms with van der Waals surface area (Å²) in [5.74, 6) is 0.349. The fraction of sp³-hybridized carbons (Fsp3) is 0.357. The Balaban J connectivity index is 2.47. The maximum Gasteiger partial charge on any atom is 0.339 e. The third-order valence-corrected chi connectivity index (χ3v) is 2.96. The first-order chi connectivity index (χ1) is 9.01. The molecular weight excluding hydrogens is 248 g/mol. The van der Waals surface area contributed by atoms with Crippen LogP contribution in [-0.2, 0) is 0 Å². The van der Waals surface area contributed by atoms with E-state index in [4.69, 9.17) is 14.3 Å². The lowest BCUT2D eigenvalue weighted by molar-refractivity contribution is 0.0539. The van der Waals surface area contributed by atoms with Gasteiger partial charge in [0.05, 0.1) is 18.1 Å². The summed E-state index contributed by atoms with van der Waals surface area (Å²) < 4.78 is 10.5. The molecule has 1 aromatic heterocycles. The lowest BCUT2D eigenvalue weighted by atomic mass is 10.1. The average molecular weight is 264 g/mol. The van der Waals surface area contributed by atoms with Crippen LogP contribution in [-0.4, -0.2) is 29.5 Å². The molecule has 0 aliphatic carbocycles. The van der Waals surface area contributed by atoms with E-state index < -0.39 is 18.3 Å². The minimum absolute atomic E-state index is 0.0814. The van der Waals surface area contributed by atoms with Crippen molar-refractivity contribution in [3.8, 4) is 5.75 Å². The Morgan fingerprint density at radius 1 is 1.26 bits per heavy atom. The summed E-state index contributed by atoms with van der Waals surface area (Å²) in [7, 11) is 0. The summed E-state index contributed by atoms with van der Waals surface area (Å²) in [6.07, 6.45) is -0.978. The molecule has 1 atom stereocenters. The molecule has 0 bridgehead atoms. The normalized spacial score (nSPS) is 12.6. The van der Waals surface area contributed by atoms with Crippen LogP contribution >= 0.6 is 0 Å². The number of ether oxygens (including phenoxy) is 1.